The van der Waals surface area contributed by atoms with Crippen LogP contribution in [0.2, 0.25) is 0 Å². The summed E-state index contributed by atoms with van der Waals surface area (Å²) in [6.45, 7) is 8.66. The molecular formula is C21H23N3O2S. The highest BCUT2D eigenvalue weighted by molar-refractivity contribution is 7.07. The number of phenols is 2. The smallest absolute Gasteiger partial charge is 0.206 e. The summed E-state index contributed by atoms with van der Waals surface area (Å²) < 4.78 is 1.82. The predicted octanol–water partition coefficient (Wildman–Crippen LogP) is 4.44. The van der Waals surface area contributed by atoms with Crippen molar-refractivity contribution in [2.45, 2.75) is 27.7 Å². The SMILES string of the molecule is CCN=c1scc(-c2ccc(C)c(C)c2)n1N=C(C)c1ccc(O)cc1O. The zero-order valence-corrected chi connectivity index (χ0v) is 16.7. The van der Waals surface area contributed by atoms with Crippen LogP contribution in [0.15, 0.2) is 51.9 Å². The Balaban J connectivity index is 2.17. The van der Waals surface area contributed by atoms with Crippen LogP contribution in [-0.2, 0) is 0 Å². The Kier molecular flexibility index (Phi) is 5.46. The van der Waals surface area contributed by atoms with Gasteiger partial charge in [0.1, 0.15) is 11.5 Å². The van der Waals surface area contributed by atoms with Crippen molar-refractivity contribution >= 4 is 17.0 Å². The minimum atomic E-state index is -0.00575. The second-order valence-electron chi connectivity index (χ2n) is 6.38. The molecule has 0 saturated carbocycles. The Morgan fingerprint density at radius 1 is 1.07 bits per heavy atom. The maximum absolute atomic E-state index is 10.1. The van der Waals surface area contributed by atoms with Crippen LogP contribution in [0.1, 0.15) is 30.5 Å². The van der Waals surface area contributed by atoms with E-state index in [9.17, 15) is 10.2 Å². The lowest BCUT2D eigenvalue weighted by atomic mass is 10.1. The van der Waals surface area contributed by atoms with Crippen LogP contribution in [0.4, 0.5) is 0 Å². The molecule has 0 amide bonds. The summed E-state index contributed by atoms with van der Waals surface area (Å²) >= 11 is 1.54. The van der Waals surface area contributed by atoms with E-state index in [-0.39, 0.29) is 11.5 Å². The third-order valence-corrected chi connectivity index (χ3v) is 5.26. The Labute approximate surface area is 162 Å². The first kappa shape index (κ1) is 18.9. The lowest BCUT2D eigenvalue weighted by molar-refractivity contribution is 0.450. The first-order valence-electron chi connectivity index (χ1n) is 8.77. The molecule has 140 valence electrons. The van der Waals surface area contributed by atoms with Gasteiger partial charge in [0, 0.05) is 29.1 Å². The molecule has 27 heavy (non-hydrogen) atoms. The van der Waals surface area contributed by atoms with E-state index >= 15 is 0 Å². The Hall–Kier alpha value is -2.86. The second-order valence-corrected chi connectivity index (χ2v) is 7.21. The normalized spacial score (nSPS) is 12.6. The summed E-state index contributed by atoms with van der Waals surface area (Å²) in [7, 11) is 0. The molecule has 0 aliphatic heterocycles. The number of rotatable bonds is 4. The fraction of sp³-hybridized carbons (Fsp3) is 0.238. The minimum absolute atomic E-state index is 0.00575. The van der Waals surface area contributed by atoms with Crippen LogP contribution in [0.5, 0.6) is 11.5 Å². The van der Waals surface area contributed by atoms with Crippen LogP contribution in [0.25, 0.3) is 11.3 Å². The molecule has 2 aromatic carbocycles. The summed E-state index contributed by atoms with van der Waals surface area (Å²) in [5.41, 5.74) is 5.68. The fourth-order valence-corrected chi connectivity index (χ4v) is 3.66. The molecule has 0 unspecified atom stereocenters. The standard InChI is InChI=1S/C21H23N3O2S/c1-5-22-21-24(23-15(4)18-9-8-17(25)11-20(18)26)19(12-27-21)16-7-6-13(2)14(3)10-16/h6-12,25-26H,5H2,1-4H3. The van der Waals surface area contributed by atoms with Crippen molar-refractivity contribution in [1.82, 2.24) is 4.68 Å². The fourth-order valence-electron chi connectivity index (χ4n) is 2.77. The molecule has 0 radical (unpaired) electrons. The highest BCUT2D eigenvalue weighted by atomic mass is 32.1. The third kappa shape index (κ3) is 3.95. The van der Waals surface area contributed by atoms with E-state index in [2.05, 4.69) is 37.0 Å². The van der Waals surface area contributed by atoms with Gasteiger partial charge in [0.05, 0.1) is 11.4 Å². The van der Waals surface area contributed by atoms with Crippen molar-refractivity contribution in [2.75, 3.05) is 6.54 Å². The van der Waals surface area contributed by atoms with Gasteiger partial charge >= 0.3 is 0 Å². The van der Waals surface area contributed by atoms with Gasteiger partial charge < -0.3 is 10.2 Å². The van der Waals surface area contributed by atoms with Crippen molar-refractivity contribution < 1.29 is 10.2 Å². The molecule has 0 aliphatic rings. The highest BCUT2D eigenvalue weighted by Gasteiger charge is 2.11. The van der Waals surface area contributed by atoms with Gasteiger partial charge in [-0.2, -0.15) is 5.10 Å². The summed E-state index contributed by atoms with van der Waals surface area (Å²) in [4.78, 5) is 5.34. The molecule has 6 heteroatoms. The number of aryl methyl sites for hydroxylation is 2. The predicted molar refractivity (Wildman–Crippen MR) is 111 cm³/mol. The molecule has 1 heterocycles. The topological polar surface area (TPSA) is 70.1 Å². The number of phenolic OH excluding ortho intramolecular Hbond substituents is 2. The minimum Gasteiger partial charge on any atom is -0.508 e. The van der Waals surface area contributed by atoms with Crippen molar-refractivity contribution in [3.8, 4) is 22.8 Å². The number of hydrogen-bond acceptors (Lipinski definition) is 5. The number of nitrogens with zero attached hydrogens (tertiary/aromatic N) is 3. The van der Waals surface area contributed by atoms with Crippen LogP contribution < -0.4 is 4.80 Å². The molecule has 3 aromatic rings. The second kappa shape index (κ2) is 7.80. The molecule has 0 aliphatic carbocycles. The van der Waals surface area contributed by atoms with Gasteiger partial charge in [-0.05, 0) is 57.0 Å². The van der Waals surface area contributed by atoms with Gasteiger partial charge in [-0.25, -0.2) is 4.68 Å². The molecule has 0 bridgehead atoms. The Morgan fingerprint density at radius 2 is 1.85 bits per heavy atom. The summed E-state index contributed by atoms with van der Waals surface area (Å²) in [5.74, 6) is 0.0125. The van der Waals surface area contributed by atoms with E-state index in [1.54, 1.807) is 6.07 Å². The van der Waals surface area contributed by atoms with E-state index in [0.717, 1.165) is 16.1 Å². The largest absolute Gasteiger partial charge is 0.508 e. The maximum atomic E-state index is 10.1. The average Bonchev–Trinajstić information content (AvgIpc) is 3.00. The van der Waals surface area contributed by atoms with Crippen molar-refractivity contribution in [3.05, 3.63) is 63.3 Å². The van der Waals surface area contributed by atoms with Crippen molar-refractivity contribution in [2.24, 2.45) is 10.1 Å². The van der Waals surface area contributed by atoms with Gasteiger partial charge in [-0.15, -0.1) is 11.3 Å². The number of aromatic nitrogens is 1. The first-order chi connectivity index (χ1) is 12.9. The molecule has 3 rings (SSSR count). The lowest BCUT2D eigenvalue weighted by Crippen LogP contribution is -2.14. The maximum Gasteiger partial charge on any atom is 0.206 e. The molecule has 0 fully saturated rings. The quantitative estimate of drug-likeness (QED) is 0.656. The van der Waals surface area contributed by atoms with E-state index in [4.69, 9.17) is 5.10 Å². The first-order valence-corrected chi connectivity index (χ1v) is 9.65. The zero-order chi connectivity index (χ0) is 19.6. The van der Waals surface area contributed by atoms with Gasteiger partial charge in [-0.3, -0.25) is 4.99 Å². The number of thiazole rings is 1. The van der Waals surface area contributed by atoms with E-state index in [0.29, 0.717) is 17.8 Å². The summed E-state index contributed by atoms with van der Waals surface area (Å²) in [6.07, 6.45) is 0. The average molecular weight is 382 g/mol. The Morgan fingerprint density at radius 3 is 2.52 bits per heavy atom. The lowest BCUT2D eigenvalue weighted by Gasteiger charge is -2.09. The van der Waals surface area contributed by atoms with Crippen molar-refractivity contribution in [1.29, 1.82) is 0 Å². The molecule has 1 aromatic heterocycles. The molecule has 2 N–H and O–H groups in total. The molecule has 0 saturated heterocycles. The van der Waals surface area contributed by atoms with Crippen LogP contribution >= 0.6 is 11.3 Å². The van der Waals surface area contributed by atoms with Crippen LogP contribution in [-0.4, -0.2) is 27.1 Å². The number of benzene rings is 2. The van der Waals surface area contributed by atoms with E-state index in [1.165, 1.54) is 34.6 Å². The highest BCUT2D eigenvalue weighted by Crippen LogP contribution is 2.25. The van der Waals surface area contributed by atoms with E-state index < -0.39 is 0 Å². The van der Waals surface area contributed by atoms with Crippen molar-refractivity contribution in [3.63, 3.8) is 0 Å². The molecule has 0 atom stereocenters. The van der Waals surface area contributed by atoms with Gasteiger partial charge in [0.15, 0.2) is 0 Å². The van der Waals surface area contributed by atoms with E-state index in [1.807, 2.05) is 23.9 Å². The molecular weight excluding hydrogens is 358 g/mol. The van der Waals surface area contributed by atoms with Gasteiger partial charge in [0.2, 0.25) is 4.80 Å². The molecule has 5 nitrogen and oxygen atoms in total. The monoisotopic (exact) mass is 381 g/mol. The summed E-state index contributed by atoms with van der Waals surface area (Å²) in [6, 6.07) is 10.8. The Bertz CT molecular complexity index is 1080. The van der Waals surface area contributed by atoms with Gasteiger partial charge in [0.25, 0.3) is 0 Å². The van der Waals surface area contributed by atoms with Crippen LogP contribution in [0.3, 0.4) is 0 Å². The zero-order valence-electron chi connectivity index (χ0n) is 15.9. The van der Waals surface area contributed by atoms with Crippen LogP contribution in [0, 0.1) is 13.8 Å². The molecule has 0 spiro atoms. The number of aromatic hydroxyl groups is 2. The number of hydrogen-bond donors (Lipinski definition) is 2. The van der Waals surface area contributed by atoms with Gasteiger partial charge in [-0.1, -0.05) is 12.1 Å². The summed E-state index contributed by atoms with van der Waals surface area (Å²) in [5, 5.41) is 26.4. The third-order valence-electron chi connectivity index (χ3n) is 4.40.